The van der Waals surface area contributed by atoms with Gasteiger partial charge in [0, 0.05) is 18.1 Å². The Kier molecular flexibility index (Phi) is 2.73. The summed E-state index contributed by atoms with van der Waals surface area (Å²) in [6, 6.07) is 2.71. The van der Waals surface area contributed by atoms with E-state index in [-0.39, 0.29) is 0 Å². The highest BCUT2D eigenvalue weighted by atomic mass is 15.2. The summed E-state index contributed by atoms with van der Waals surface area (Å²) >= 11 is 0. The fourth-order valence-corrected chi connectivity index (χ4v) is 4.08. The van der Waals surface area contributed by atoms with Crippen molar-refractivity contribution >= 4 is 0 Å². The first-order valence-corrected chi connectivity index (χ1v) is 6.78. The van der Waals surface area contributed by atoms with E-state index in [2.05, 4.69) is 17.3 Å². The van der Waals surface area contributed by atoms with Crippen LogP contribution in [0.25, 0.3) is 0 Å². The van der Waals surface area contributed by atoms with E-state index in [9.17, 15) is 0 Å². The van der Waals surface area contributed by atoms with Gasteiger partial charge in [-0.2, -0.15) is 0 Å². The number of nitrogens with one attached hydrogen (secondary N) is 1. The molecule has 2 heteroatoms. The van der Waals surface area contributed by atoms with Gasteiger partial charge in [0.05, 0.1) is 0 Å². The fourth-order valence-electron chi connectivity index (χ4n) is 4.08. The van der Waals surface area contributed by atoms with E-state index in [1.165, 1.54) is 51.5 Å². The van der Waals surface area contributed by atoms with Crippen molar-refractivity contribution in [1.82, 2.24) is 10.2 Å². The zero-order chi connectivity index (χ0) is 10.3. The van der Waals surface area contributed by atoms with E-state index in [1.54, 1.807) is 0 Å². The topological polar surface area (TPSA) is 15.3 Å². The minimum atomic E-state index is 0.859. The number of piperidine rings is 1. The van der Waals surface area contributed by atoms with Gasteiger partial charge in [-0.05, 0) is 64.5 Å². The van der Waals surface area contributed by atoms with Crippen molar-refractivity contribution in [2.75, 3.05) is 13.6 Å². The molecule has 3 aliphatic rings. The van der Waals surface area contributed by atoms with E-state index in [0.29, 0.717) is 0 Å². The average molecular weight is 208 g/mol. The normalized spacial score (nSPS) is 46.2. The minimum Gasteiger partial charge on any atom is -0.314 e. The summed E-state index contributed by atoms with van der Waals surface area (Å²) in [6.07, 6.45) is 10.2. The summed E-state index contributed by atoms with van der Waals surface area (Å²) in [5.74, 6) is 1.02. The monoisotopic (exact) mass is 208 g/mol. The molecule has 0 saturated carbocycles. The maximum Gasteiger partial charge on any atom is 0.00983 e. The molecule has 3 unspecified atom stereocenters. The number of fused-ring (bicyclic) bond motifs is 2. The molecule has 2 nitrogen and oxygen atoms in total. The van der Waals surface area contributed by atoms with Crippen LogP contribution in [0.4, 0.5) is 0 Å². The van der Waals surface area contributed by atoms with Gasteiger partial charge >= 0.3 is 0 Å². The van der Waals surface area contributed by atoms with Crippen molar-refractivity contribution in [2.24, 2.45) is 5.92 Å². The summed E-state index contributed by atoms with van der Waals surface area (Å²) < 4.78 is 0. The van der Waals surface area contributed by atoms with Crippen LogP contribution in [0.3, 0.4) is 0 Å². The Morgan fingerprint density at radius 1 is 1.13 bits per heavy atom. The molecule has 3 heterocycles. The number of rotatable bonds is 2. The van der Waals surface area contributed by atoms with Crippen LogP contribution < -0.4 is 5.32 Å². The van der Waals surface area contributed by atoms with E-state index in [1.807, 2.05) is 0 Å². The lowest BCUT2D eigenvalue weighted by molar-refractivity contribution is 0.124. The zero-order valence-electron chi connectivity index (χ0n) is 9.91. The van der Waals surface area contributed by atoms with E-state index in [0.717, 1.165) is 24.0 Å². The highest BCUT2D eigenvalue weighted by Gasteiger charge is 2.38. The summed E-state index contributed by atoms with van der Waals surface area (Å²) in [4.78, 5) is 2.65. The lowest BCUT2D eigenvalue weighted by Crippen LogP contribution is -2.41. The largest absolute Gasteiger partial charge is 0.314 e. The second kappa shape index (κ2) is 4.06. The average Bonchev–Trinajstić information content (AvgIpc) is 2.76. The Labute approximate surface area is 93.4 Å². The Balaban J connectivity index is 1.55. The Bertz CT molecular complexity index is 209. The first kappa shape index (κ1) is 10.1. The standard InChI is InChI=1S/C13H24N2/c1-15-12-4-5-13(15)9-10(8-12)7-11-3-2-6-14-11/h10-14H,2-9H2,1H3. The first-order valence-electron chi connectivity index (χ1n) is 6.78. The molecule has 1 N–H and O–H groups in total. The molecule has 3 rings (SSSR count). The van der Waals surface area contributed by atoms with Gasteiger partial charge in [-0.15, -0.1) is 0 Å². The molecule has 0 aromatic rings. The fraction of sp³-hybridized carbons (Fsp3) is 1.00. The summed E-state index contributed by atoms with van der Waals surface area (Å²) in [5.41, 5.74) is 0. The summed E-state index contributed by atoms with van der Waals surface area (Å²) in [7, 11) is 2.34. The van der Waals surface area contributed by atoms with Crippen molar-refractivity contribution < 1.29 is 0 Å². The third-order valence-electron chi connectivity index (χ3n) is 4.98. The Hall–Kier alpha value is -0.0800. The van der Waals surface area contributed by atoms with Gasteiger partial charge in [0.15, 0.2) is 0 Å². The molecule has 3 saturated heterocycles. The molecular weight excluding hydrogens is 184 g/mol. The number of hydrogen-bond donors (Lipinski definition) is 1. The van der Waals surface area contributed by atoms with Crippen LogP contribution in [-0.2, 0) is 0 Å². The summed E-state index contributed by atoms with van der Waals surface area (Å²) in [5, 5.41) is 3.65. The maximum atomic E-state index is 3.65. The van der Waals surface area contributed by atoms with Gasteiger partial charge in [0.25, 0.3) is 0 Å². The molecule has 2 bridgehead atoms. The van der Waals surface area contributed by atoms with Crippen LogP contribution in [-0.4, -0.2) is 36.6 Å². The van der Waals surface area contributed by atoms with Gasteiger partial charge < -0.3 is 10.2 Å². The molecule has 86 valence electrons. The molecule has 0 aliphatic carbocycles. The second-order valence-electron chi connectivity index (χ2n) is 5.92. The molecule has 0 spiro atoms. The first-order chi connectivity index (χ1) is 7.33. The zero-order valence-corrected chi connectivity index (χ0v) is 9.91. The van der Waals surface area contributed by atoms with Crippen LogP contribution in [0.15, 0.2) is 0 Å². The van der Waals surface area contributed by atoms with Gasteiger partial charge in [-0.3, -0.25) is 0 Å². The molecule has 3 aliphatic heterocycles. The number of nitrogens with zero attached hydrogens (tertiary/aromatic N) is 1. The maximum absolute atomic E-state index is 3.65. The Morgan fingerprint density at radius 2 is 1.87 bits per heavy atom. The minimum absolute atomic E-state index is 0.859. The van der Waals surface area contributed by atoms with Crippen molar-refractivity contribution in [1.29, 1.82) is 0 Å². The highest BCUT2D eigenvalue weighted by molar-refractivity contribution is 4.94. The second-order valence-corrected chi connectivity index (χ2v) is 5.92. The van der Waals surface area contributed by atoms with E-state index < -0.39 is 0 Å². The van der Waals surface area contributed by atoms with Crippen LogP contribution >= 0.6 is 0 Å². The smallest absolute Gasteiger partial charge is 0.00983 e. The molecule has 15 heavy (non-hydrogen) atoms. The predicted octanol–water partition coefficient (Wildman–Crippen LogP) is 2.00. The third-order valence-corrected chi connectivity index (χ3v) is 4.98. The van der Waals surface area contributed by atoms with E-state index in [4.69, 9.17) is 0 Å². The SMILES string of the molecule is CN1C2CCC1CC(CC1CCCN1)C2. The van der Waals surface area contributed by atoms with Crippen molar-refractivity contribution in [3.63, 3.8) is 0 Å². The van der Waals surface area contributed by atoms with Crippen LogP contribution in [0.5, 0.6) is 0 Å². The molecule has 3 atom stereocenters. The van der Waals surface area contributed by atoms with Crippen LogP contribution in [0.1, 0.15) is 44.9 Å². The Morgan fingerprint density at radius 3 is 2.47 bits per heavy atom. The van der Waals surface area contributed by atoms with Crippen LogP contribution in [0.2, 0.25) is 0 Å². The summed E-state index contributed by atoms with van der Waals surface area (Å²) in [6.45, 7) is 1.27. The van der Waals surface area contributed by atoms with E-state index >= 15 is 0 Å². The van der Waals surface area contributed by atoms with Gasteiger partial charge in [0.2, 0.25) is 0 Å². The quantitative estimate of drug-likeness (QED) is 0.746. The van der Waals surface area contributed by atoms with Crippen molar-refractivity contribution in [3.05, 3.63) is 0 Å². The molecule has 0 aromatic carbocycles. The molecule has 0 amide bonds. The van der Waals surface area contributed by atoms with Gasteiger partial charge in [0.1, 0.15) is 0 Å². The lowest BCUT2D eigenvalue weighted by atomic mass is 9.86. The lowest BCUT2D eigenvalue weighted by Gasteiger charge is -2.37. The van der Waals surface area contributed by atoms with Gasteiger partial charge in [-0.1, -0.05) is 0 Å². The van der Waals surface area contributed by atoms with Crippen molar-refractivity contribution in [3.8, 4) is 0 Å². The predicted molar refractivity (Wildman–Crippen MR) is 62.9 cm³/mol. The molecule has 3 fully saturated rings. The van der Waals surface area contributed by atoms with Crippen LogP contribution in [0, 0.1) is 5.92 Å². The van der Waals surface area contributed by atoms with Gasteiger partial charge in [-0.25, -0.2) is 0 Å². The highest BCUT2D eigenvalue weighted by Crippen LogP contribution is 2.39. The molecule has 0 radical (unpaired) electrons. The third kappa shape index (κ3) is 1.94. The van der Waals surface area contributed by atoms with Crippen molar-refractivity contribution in [2.45, 2.75) is 63.1 Å². The molecular formula is C13H24N2. The number of hydrogen-bond acceptors (Lipinski definition) is 2. The molecule has 0 aromatic heterocycles.